The number of carbonyl (C=O) groups excluding carboxylic acids is 1. The van der Waals surface area contributed by atoms with Gasteiger partial charge in [0.1, 0.15) is 11.6 Å². The summed E-state index contributed by atoms with van der Waals surface area (Å²) in [6, 6.07) is 17.2. The van der Waals surface area contributed by atoms with Gasteiger partial charge in [0, 0.05) is 31.3 Å². The maximum absolute atomic E-state index is 13.7. The van der Waals surface area contributed by atoms with Crippen molar-refractivity contribution in [2.75, 3.05) is 18.0 Å². The average molecular weight is 422 g/mol. The Labute approximate surface area is 180 Å². The second-order valence-electron chi connectivity index (χ2n) is 7.82. The number of aromatic nitrogens is 2. The highest BCUT2D eigenvalue weighted by Crippen LogP contribution is 2.24. The SMILES string of the molecule is O=C(NCc1ccc(F)cc1F)c1ccc(N2CCC(Cc3ccccc3)CC2)nn1. The zero-order valence-corrected chi connectivity index (χ0v) is 17.1. The number of halogens is 2. The fraction of sp³-hybridized carbons (Fsp3) is 0.292. The monoisotopic (exact) mass is 422 g/mol. The summed E-state index contributed by atoms with van der Waals surface area (Å²) in [6.07, 6.45) is 3.26. The highest BCUT2D eigenvalue weighted by atomic mass is 19.1. The maximum atomic E-state index is 13.7. The van der Waals surface area contributed by atoms with Gasteiger partial charge in [-0.15, -0.1) is 10.2 Å². The molecule has 1 fully saturated rings. The molecule has 0 atom stereocenters. The fourth-order valence-corrected chi connectivity index (χ4v) is 3.86. The third-order valence-corrected chi connectivity index (χ3v) is 5.64. The van der Waals surface area contributed by atoms with E-state index in [4.69, 9.17) is 0 Å². The molecule has 2 heterocycles. The summed E-state index contributed by atoms with van der Waals surface area (Å²) in [5, 5.41) is 10.8. The van der Waals surface area contributed by atoms with Crippen LogP contribution in [0.5, 0.6) is 0 Å². The van der Waals surface area contributed by atoms with Gasteiger partial charge in [-0.25, -0.2) is 8.78 Å². The number of rotatable bonds is 6. The highest BCUT2D eigenvalue weighted by Gasteiger charge is 2.21. The van der Waals surface area contributed by atoms with Crippen LogP contribution in [-0.2, 0) is 13.0 Å². The molecular weight excluding hydrogens is 398 g/mol. The molecule has 1 saturated heterocycles. The van der Waals surface area contributed by atoms with Crippen LogP contribution < -0.4 is 10.2 Å². The minimum atomic E-state index is -0.697. The predicted molar refractivity (Wildman–Crippen MR) is 115 cm³/mol. The largest absolute Gasteiger partial charge is 0.355 e. The summed E-state index contributed by atoms with van der Waals surface area (Å²) in [6.45, 7) is 1.76. The number of carbonyl (C=O) groups is 1. The van der Waals surface area contributed by atoms with E-state index in [0.717, 1.165) is 50.3 Å². The molecule has 0 spiro atoms. The van der Waals surface area contributed by atoms with E-state index in [-0.39, 0.29) is 17.8 Å². The van der Waals surface area contributed by atoms with Gasteiger partial charge in [-0.1, -0.05) is 36.4 Å². The van der Waals surface area contributed by atoms with Gasteiger partial charge in [0.2, 0.25) is 0 Å². The van der Waals surface area contributed by atoms with Gasteiger partial charge in [-0.3, -0.25) is 4.79 Å². The first-order valence-corrected chi connectivity index (χ1v) is 10.4. The van der Waals surface area contributed by atoms with Gasteiger partial charge < -0.3 is 10.2 Å². The molecule has 0 bridgehead atoms. The van der Waals surface area contributed by atoms with Gasteiger partial charge >= 0.3 is 0 Å². The summed E-state index contributed by atoms with van der Waals surface area (Å²) in [5.74, 6) is -0.400. The zero-order chi connectivity index (χ0) is 21.6. The summed E-state index contributed by atoms with van der Waals surface area (Å²) in [5.41, 5.74) is 1.74. The lowest BCUT2D eigenvalue weighted by atomic mass is 9.90. The van der Waals surface area contributed by atoms with Crippen LogP contribution in [0.15, 0.2) is 60.7 Å². The molecule has 5 nitrogen and oxygen atoms in total. The number of anilines is 1. The number of nitrogens with zero attached hydrogens (tertiary/aromatic N) is 3. The zero-order valence-electron chi connectivity index (χ0n) is 17.1. The van der Waals surface area contributed by atoms with Crippen molar-refractivity contribution in [1.82, 2.24) is 15.5 Å². The van der Waals surface area contributed by atoms with E-state index >= 15 is 0 Å². The van der Waals surface area contributed by atoms with Crippen molar-refractivity contribution in [2.45, 2.75) is 25.8 Å². The maximum Gasteiger partial charge on any atom is 0.272 e. The standard InChI is InChI=1S/C24H24F2N4O/c25-20-7-6-19(21(26)15-20)16-27-24(31)22-8-9-23(29-28-22)30-12-10-18(11-13-30)14-17-4-2-1-3-5-17/h1-9,15,18H,10-14,16H2,(H,27,31). The Hall–Kier alpha value is -3.35. The summed E-state index contributed by atoms with van der Waals surface area (Å²) >= 11 is 0. The Balaban J connectivity index is 1.28. The quantitative estimate of drug-likeness (QED) is 0.649. The molecular formula is C24H24F2N4O. The smallest absolute Gasteiger partial charge is 0.272 e. The minimum Gasteiger partial charge on any atom is -0.355 e. The van der Waals surface area contributed by atoms with Gasteiger partial charge in [0.05, 0.1) is 0 Å². The Kier molecular flexibility index (Phi) is 6.50. The van der Waals surface area contributed by atoms with E-state index < -0.39 is 17.5 Å². The summed E-state index contributed by atoms with van der Waals surface area (Å²) in [4.78, 5) is 14.5. The molecule has 3 aromatic rings. The number of benzene rings is 2. The molecule has 1 aliphatic heterocycles. The van der Waals surface area contributed by atoms with E-state index in [1.54, 1.807) is 12.1 Å². The van der Waals surface area contributed by atoms with Crippen LogP contribution in [0.2, 0.25) is 0 Å². The van der Waals surface area contributed by atoms with E-state index in [9.17, 15) is 13.6 Å². The molecule has 1 amide bonds. The van der Waals surface area contributed by atoms with E-state index in [1.165, 1.54) is 11.6 Å². The molecule has 1 N–H and O–H groups in total. The topological polar surface area (TPSA) is 58.1 Å². The first-order chi connectivity index (χ1) is 15.1. The lowest BCUT2D eigenvalue weighted by Crippen LogP contribution is -2.35. The molecule has 7 heteroatoms. The van der Waals surface area contributed by atoms with E-state index in [2.05, 4.69) is 44.7 Å². The number of hydrogen-bond acceptors (Lipinski definition) is 4. The van der Waals surface area contributed by atoms with Crippen LogP contribution in [0.3, 0.4) is 0 Å². The second kappa shape index (κ2) is 9.64. The van der Waals surface area contributed by atoms with Gasteiger partial charge in [0.15, 0.2) is 11.5 Å². The lowest BCUT2D eigenvalue weighted by molar-refractivity contribution is 0.0944. The van der Waals surface area contributed by atoms with Crippen LogP contribution in [-0.4, -0.2) is 29.2 Å². The highest BCUT2D eigenvalue weighted by molar-refractivity contribution is 5.92. The molecule has 0 unspecified atom stereocenters. The van der Waals surface area contributed by atoms with Gasteiger partial charge in [-0.05, 0) is 48.9 Å². The molecule has 4 rings (SSSR count). The molecule has 31 heavy (non-hydrogen) atoms. The third-order valence-electron chi connectivity index (χ3n) is 5.64. The average Bonchev–Trinajstić information content (AvgIpc) is 2.80. The summed E-state index contributed by atoms with van der Waals surface area (Å²) in [7, 11) is 0. The predicted octanol–water partition coefficient (Wildman–Crippen LogP) is 4.14. The molecule has 0 saturated carbocycles. The molecule has 1 aromatic heterocycles. The second-order valence-corrected chi connectivity index (χ2v) is 7.82. The molecule has 0 aliphatic carbocycles. The van der Waals surface area contributed by atoms with Crippen molar-refractivity contribution in [1.29, 1.82) is 0 Å². The van der Waals surface area contributed by atoms with Crippen molar-refractivity contribution < 1.29 is 13.6 Å². The number of hydrogen-bond donors (Lipinski definition) is 1. The number of nitrogens with one attached hydrogen (secondary N) is 1. The van der Waals surface area contributed by atoms with Crippen LogP contribution >= 0.6 is 0 Å². The Morgan fingerprint density at radius 3 is 2.45 bits per heavy atom. The van der Waals surface area contributed by atoms with Crippen LogP contribution in [0, 0.1) is 17.6 Å². The van der Waals surface area contributed by atoms with Gasteiger partial charge in [-0.2, -0.15) is 0 Å². The van der Waals surface area contributed by atoms with Crippen molar-refractivity contribution in [2.24, 2.45) is 5.92 Å². The molecule has 160 valence electrons. The van der Waals surface area contributed by atoms with Crippen LogP contribution in [0.25, 0.3) is 0 Å². The molecule has 0 radical (unpaired) electrons. The van der Waals surface area contributed by atoms with Crippen molar-refractivity contribution >= 4 is 11.7 Å². The Morgan fingerprint density at radius 2 is 1.77 bits per heavy atom. The Morgan fingerprint density at radius 1 is 1.00 bits per heavy atom. The first kappa shape index (κ1) is 20.9. The fourth-order valence-electron chi connectivity index (χ4n) is 3.86. The number of amides is 1. The van der Waals surface area contributed by atoms with Crippen LogP contribution in [0.1, 0.15) is 34.5 Å². The van der Waals surface area contributed by atoms with Crippen molar-refractivity contribution in [3.05, 3.63) is 89.1 Å². The Bertz CT molecular complexity index is 1020. The van der Waals surface area contributed by atoms with Crippen LogP contribution in [0.4, 0.5) is 14.6 Å². The van der Waals surface area contributed by atoms with Crippen molar-refractivity contribution in [3.63, 3.8) is 0 Å². The molecule has 2 aromatic carbocycles. The van der Waals surface area contributed by atoms with E-state index in [0.29, 0.717) is 5.92 Å². The third kappa shape index (κ3) is 5.42. The number of piperidine rings is 1. The molecule has 1 aliphatic rings. The van der Waals surface area contributed by atoms with E-state index in [1.807, 2.05) is 6.07 Å². The normalized spacial score (nSPS) is 14.5. The summed E-state index contributed by atoms with van der Waals surface area (Å²) < 4.78 is 26.7. The van der Waals surface area contributed by atoms with Gasteiger partial charge in [0.25, 0.3) is 5.91 Å². The lowest BCUT2D eigenvalue weighted by Gasteiger charge is -2.32. The van der Waals surface area contributed by atoms with Crippen molar-refractivity contribution in [3.8, 4) is 0 Å². The minimum absolute atomic E-state index is 0.0523. The first-order valence-electron chi connectivity index (χ1n) is 10.4.